The molecule has 1 aromatic heterocycles. The second-order valence-corrected chi connectivity index (χ2v) is 4.44. The molecule has 98 valence electrons. The Kier molecular flexibility index (Phi) is 2.88. The number of nitrogens with zero attached hydrogens (tertiary/aromatic N) is 1. The number of aromatic amines is 1. The maximum Gasteiger partial charge on any atom is 0.335 e. The van der Waals surface area contributed by atoms with Crippen LogP contribution in [0.1, 0.15) is 13.8 Å². The molecule has 0 saturated carbocycles. The lowest BCUT2D eigenvalue weighted by molar-refractivity contribution is -0.0576. The molecule has 1 unspecified atom stereocenters. The van der Waals surface area contributed by atoms with Crippen molar-refractivity contribution in [1.82, 2.24) is 9.55 Å². The number of ether oxygens (including phenoxy) is 1. The van der Waals surface area contributed by atoms with Gasteiger partial charge in [-0.1, -0.05) is 0 Å². The van der Waals surface area contributed by atoms with Gasteiger partial charge in [0.1, 0.15) is 6.10 Å². The van der Waals surface area contributed by atoms with Gasteiger partial charge in [-0.15, -0.1) is 0 Å². The van der Waals surface area contributed by atoms with Crippen molar-refractivity contribution in [2.75, 3.05) is 6.61 Å². The molecule has 2 atom stereocenters. The zero-order chi connectivity index (χ0) is 13.5. The second-order valence-electron chi connectivity index (χ2n) is 4.44. The van der Waals surface area contributed by atoms with E-state index in [9.17, 15) is 19.8 Å². The number of aromatic nitrogens is 2. The predicted octanol–water partition coefficient (Wildman–Crippen LogP) is -1.13. The first-order chi connectivity index (χ1) is 8.39. The van der Waals surface area contributed by atoms with E-state index in [2.05, 4.69) is 4.98 Å². The van der Waals surface area contributed by atoms with Crippen molar-refractivity contribution in [3.8, 4) is 0 Å². The second kappa shape index (κ2) is 4.11. The van der Waals surface area contributed by atoms with E-state index in [1.807, 2.05) is 0 Å². The van der Waals surface area contributed by atoms with E-state index in [0.29, 0.717) is 5.57 Å². The molecular formula is C11H14N2O5. The van der Waals surface area contributed by atoms with E-state index in [-0.39, 0.29) is 5.88 Å². The summed E-state index contributed by atoms with van der Waals surface area (Å²) in [7, 11) is 0. The highest BCUT2D eigenvalue weighted by Gasteiger charge is 2.44. The van der Waals surface area contributed by atoms with Crippen LogP contribution in [0, 0.1) is 0 Å². The van der Waals surface area contributed by atoms with Crippen molar-refractivity contribution in [2.45, 2.75) is 25.6 Å². The molecule has 1 aromatic rings. The van der Waals surface area contributed by atoms with Crippen LogP contribution in [0.15, 0.2) is 27.4 Å². The maximum atomic E-state index is 11.6. The van der Waals surface area contributed by atoms with Crippen molar-refractivity contribution in [3.05, 3.63) is 38.7 Å². The Labute approximate surface area is 102 Å². The van der Waals surface area contributed by atoms with E-state index in [0.717, 1.165) is 4.57 Å². The fourth-order valence-corrected chi connectivity index (χ4v) is 1.87. The lowest BCUT2D eigenvalue weighted by Crippen LogP contribution is -2.41. The highest BCUT2D eigenvalue weighted by atomic mass is 16.5. The van der Waals surface area contributed by atoms with Gasteiger partial charge in [-0.25, -0.2) is 9.36 Å². The van der Waals surface area contributed by atoms with Gasteiger partial charge in [-0.05, 0) is 13.8 Å². The standard InChI is InChI=1S/C11H14N2O5/c1-6-8(16)11(2,5-14)18-9(6)13-4-3-7(15)12-10(13)17/h3-4,8,14,16H,5H2,1-2H3,(H,12,15,17)/t8-,11?/m0/s1. The number of hydrogen-bond donors (Lipinski definition) is 3. The summed E-state index contributed by atoms with van der Waals surface area (Å²) in [6.45, 7) is 2.73. The van der Waals surface area contributed by atoms with Crippen LogP contribution in [0.25, 0.3) is 5.88 Å². The minimum atomic E-state index is -1.19. The first-order valence-corrected chi connectivity index (χ1v) is 5.40. The smallest absolute Gasteiger partial charge is 0.335 e. The Hall–Kier alpha value is -1.86. The lowest BCUT2D eigenvalue weighted by atomic mass is 9.97. The molecule has 0 bridgehead atoms. The third-order valence-electron chi connectivity index (χ3n) is 3.01. The van der Waals surface area contributed by atoms with Crippen molar-refractivity contribution < 1.29 is 14.9 Å². The van der Waals surface area contributed by atoms with Gasteiger partial charge in [0, 0.05) is 17.8 Å². The SMILES string of the molecule is CC1=C(n2ccc(=O)[nH]c2=O)OC(C)(CO)[C@H]1O. The van der Waals surface area contributed by atoms with Crippen molar-refractivity contribution in [1.29, 1.82) is 0 Å². The molecule has 3 N–H and O–H groups in total. The van der Waals surface area contributed by atoms with Crippen LogP contribution in [0.2, 0.25) is 0 Å². The molecule has 0 amide bonds. The molecule has 0 radical (unpaired) electrons. The van der Waals surface area contributed by atoms with Crippen LogP contribution >= 0.6 is 0 Å². The number of rotatable bonds is 2. The first kappa shape index (κ1) is 12.6. The van der Waals surface area contributed by atoms with Crippen LogP contribution < -0.4 is 11.2 Å². The number of aliphatic hydroxyl groups excluding tert-OH is 2. The van der Waals surface area contributed by atoms with Gasteiger partial charge in [0.05, 0.1) is 6.61 Å². The molecule has 0 saturated heterocycles. The maximum absolute atomic E-state index is 11.6. The van der Waals surface area contributed by atoms with Gasteiger partial charge >= 0.3 is 5.69 Å². The fraction of sp³-hybridized carbons (Fsp3) is 0.455. The van der Waals surface area contributed by atoms with Gasteiger partial charge in [0.15, 0.2) is 5.60 Å². The number of nitrogens with one attached hydrogen (secondary N) is 1. The summed E-state index contributed by atoms with van der Waals surface area (Å²) in [6, 6.07) is 1.17. The highest BCUT2D eigenvalue weighted by molar-refractivity contribution is 5.49. The Morgan fingerprint density at radius 1 is 1.56 bits per heavy atom. The molecule has 2 heterocycles. The third-order valence-corrected chi connectivity index (χ3v) is 3.01. The minimum Gasteiger partial charge on any atom is -0.467 e. The Morgan fingerprint density at radius 3 is 2.72 bits per heavy atom. The average Bonchev–Trinajstić information content (AvgIpc) is 2.55. The van der Waals surface area contributed by atoms with Crippen LogP contribution in [0.3, 0.4) is 0 Å². The Bertz CT molecular complexity index is 614. The summed E-state index contributed by atoms with van der Waals surface area (Å²) in [4.78, 5) is 24.7. The minimum absolute atomic E-state index is 0.125. The molecule has 0 spiro atoms. The molecule has 0 fully saturated rings. The van der Waals surface area contributed by atoms with Crippen molar-refractivity contribution in [2.24, 2.45) is 0 Å². The summed E-state index contributed by atoms with van der Waals surface area (Å²) in [5, 5.41) is 19.2. The summed E-state index contributed by atoms with van der Waals surface area (Å²) in [5.41, 5.74) is -1.94. The molecule has 0 aliphatic carbocycles. The molecule has 18 heavy (non-hydrogen) atoms. The summed E-state index contributed by atoms with van der Waals surface area (Å²) >= 11 is 0. The first-order valence-electron chi connectivity index (χ1n) is 5.40. The normalized spacial score (nSPS) is 27.4. The molecule has 7 nitrogen and oxygen atoms in total. The van der Waals surface area contributed by atoms with Gasteiger partial charge in [-0.3, -0.25) is 9.78 Å². The molecule has 1 aliphatic heterocycles. The summed E-state index contributed by atoms with van der Waals surface area (Å²) in [6.07, 6.45) is 0.242. The van der Waals surface area contributed by atoms with Gasteiger partial charge < -0.3 is 14.9 Å². The van der Waals surface area contributed by atoms with Gasteiger partial charge in [0.2, 0.25) is 5.88 Å². The van der Waals surface area contributed by atoms with E-state index in [1.165, 1.54) is 19.2 Å². The molecule has 0 aromatic carbocycles. The monoisotopic (exact) mass is 254 g/mol. The average molecular weight is 254 g/mol. The third kappa shape index (κ3) is 1.77. The molecule has 2 rings (SSSR count). The number of hydrogen-bond acceptors (Lipinski definition) is 5. The van der Waals surface area contributed by atoms with E-state index in [1.54, 1.807) is 6.92 Å². The highest BCUT2D eigenvalue weighted by Crippen LogP contribution is 2.35. The molecule has 1 aliphatic rings. The topological polar surface area (TPSA) is 105 Å². The zero-order valence-electron chi connectivity index (χ0n) is 10.0. The number of H-pyrrole nitrogens is 1. The van der Waals surface area contributed by atoms with Gasteiger partial charge in [0.25, 0.3) is 5.56 Å². The van der Waals surface area contributed by atoms with E-state index < -0.39 is 29.6 Å². The fourth-order valence-electron chi connectivity index (χ4n) is 1.87. The van der Waals surface area contributed by atoms with E-state index >= 15 is 0 Å². The zero-order valence-corrected chi connectivity index (χ0v) is 10.0. The lowest BCUT2D eigenvalue weighted by Gasteiger charge is -2.26. The van der Waals surface area contributed by atoms with E-state index in [4.69, 9.17) is 4.74 Å². The molecular weight excluding hydrogens is 240 g/mol. The predicted molar refractivity (Wildman–Crippen MR) is 62.8 cm³/mol. The van der Waals surface area contributed by atoms with Gasteiger partial charge in [-0.2, -0.15) is 0 Å². The van der Waals surface area contributed by atoms with Crippen LogP contribution in [-0.4, -0.2) is 38.1 Å². The van der Waals surface area contributed by atoms with Crippen LogP contribution in [-0.2, 0) is 4.74 Å². The van der Waals surface area contributed by atoms with Crippen molar-refractivity contribution in [3.63, 3.8) is 0 Å². The Balaban J connectivity index is 2.53. The molecule has 7 heteroatoms. The number of aliphatic hydroxyl groups is 2. The van der Waals surface area contributed by atoms with Crippen LogP contribution in [0.5, 0.6) is 0 Å². The van der Waals surface area contributed by atoms with Crippen molar-refractivity contribution >= 4 is 5.88 Å². The largest absolute Gasteiger partial charge is 0.467 e. The van der Waals surface area contributed by atoms with Crippen LogP contribution in [0.4, 0.5) is 0 Å². The summed E-state index contributed by atoms with van der Waals surface area (Å²) < 4.78 is 6.53. The summed E-state index contributed by atoms with van der Waals surface area (Å²) in [5.74, 6) is 0.125. The Morgan fingerprint density at radius 2 is 2.22 bits per heavy atom. The quantitative estimate of drug-likeness (QED) is 0.619.